The fourth-order valence-electron chi connectivity index (χ4n) is 1.86. The Morgan fingerprint density at radius 3 is 2.44 bits per heavy atom. The van der Waals surface area contributed by atoms with Gasteiger partial charge in [0.2, 0.25) is 0 Å². The molecule has 1 aliphatic carbocycles. The number of rotatable bonds is 3. The standard InChI is InChI=1S/C15H14FNO/c16-15-8-3-11(17)9-14(15)10-1-4-12(5-2-10)18-13-6-7-13/h1-5,8-9,13H,6-7,17H2. The van der Waals surface area contributed by atoms with Crippen LogP contribution in [0.3, 0.4) is 0 Å². The molecule has 3 heteroatoms. The van der Waals surface area contributed by atoms with Gasteiger partial charge in [0.25, 0.3) is 0 Å². The van der Waals surface area contributed by atoms with Crippen LogP contribution in [0.2, 0.25) is 0 Å². The van der Waals surface area contributed by atoms with Gasteiger partial charge in [0.05, 0.1) is 6.10 Å². The SMILES string of the molecule is Nc1ccc(F)c(-c2ccc(OC3CC3)cc2)c1. The zero-order valence-electron chi connectivity index (χ0n) is 9.90. The van der Waals surface area contributed by atoms with Crippen LogP contribution in [-0.2, 0) is 0 Å². The summed E-state index contributed by atoms with van der Waals surface area (Å²) in [5, 5.41) is 0. The number of benzene rings is 2. The Kier molecular flexibility index (Phi) is 2.67. The van der Waals surface area contributed by atoms with Crippen molar-refractivity contribution in [2.45, 2.75) is 18.9 Å². The van der Waals surface area contributed by atoms with E-state index in [1.165, 1.54) is 6.07 Å². The van der Waals surface area contributed by atoms with Crippen molar-refractivity contribution < 1.29 is 9.13 Å². The Hall–Kier alpha value is -2.03. The minimum Gasteiger partial charge on any atom is -0.490 e. The molecule has 0 heterocycles. The average molecular weight is 243 g/mol. The summed E-state index contributed by atoms with van der Waals surface area (Å²) in [6.45, 7) is 0. The molecule has 0 saturated heterocycles. The molecular formula is C15H14FNO. The van der Waals surface area contributed by atoms with Gasteiger partial charge in [0.1, 0.15) is 11.6 Å². The molecule has 2 aromatic rings. The van der Waals surface area contributed by atoms with Crippen LogP contribution in [0, 0.1) is 5.82 Å². The zero-order chi connectivity index (χ0) is 12.5. The fraction of sp³-hybridized carbons (Fsp3) is 0.200. The van der Waals surface area contributed by atoms with Crippen LogP contribution >= 0.6 is 0 Å². The molecule has 18 heavy (non-hydrogen) atoms. The van der Waals surface area contributed by atoms with Gasteiger partial charge < -0.3 is 10.5 Å². The second-order valence-electron chi connectivity index (χ2n) is 4.58. The number of nitrogens with two attached hydrogens (primary N) is 1. The first-order chi connectivity index (χ1) is 8.72. The molecule has 0 aromatic heterocycles. The second kappa shape index (κ2) is 4.33. The summed E-state index contributed by atoms with van der Waals surface area (Å²) in [6.07, 6.45) is 2.64. The van der Waals surface area contributed by atoms with Crippen LogP contribution < -0.4 is 10.5 Å². The van der Waals surface area contributed by atoms with E-state index in [9.17, 15) is 4.39 Å². The van der Waals surface area contributed by atoms with E-state index in [4.69, 9.17) is 10.5 Å². The highest BCUT2D eigenvalue weighted by Crippen LogP contribution is 2.30. The highest BCUT2D eigenvalue weighted by atomic mass is 19.1. The topological polar surface area (TPSA) is 35.2 Å². The minimum atomic E-state index is -0.264. The fourth-order valence-corrected chi connectivity index (χ4v) is 1.86. The van der Waals surface area contributed by atoms with E-state index in [1.54, 1.807) is 12.1 Å². The number of nitrogen functional groups attached to an aromatic ring is 1. The summed E-state index contributed by atoms with van der Waals surface area (Å²) in [6, 6.07) is 12.0. The van der Waals surface area contributed by atoms with Gasteiger partial charge in [-0.3, -0.25) is 0 Å². The molecular weight excluding hydrogens is 229 g/mol. The van der Waals surface area contributed by atoms with Crippen molar-refractivity contribution >= 4 is 5.69 Å². The number of hydrogen-bond donors (Lipinski definition) is 1. The van der Waals surface area contributed by atoms with Gasteiger partial charge >= 0.3 is 0 Å². The van der Waals surface area contributed by atoms with Gasteiger partial charge in [-0.1, -0.05) is 12.1 Å². The van der Waals surface area contributed by atoms with E-state index >= 15 is 0 Å². The normalized spacial score (nSPS) is 14.5. The molecule has 1 saturated carbocycles. The summed E-state index contributed by atoms with van der Waals surface area (Å²) in [5.74, 6) is 0.575. The number of hydrogen-bond acceptors (Lipinski definition) is 2. The Bertz CT molecular complexity index is 561. The van der Waals surface area contributed by atoms with Crippen LogP contribution in [0.4, 0.5) is 10.1 Å². The molecule has 2 N–H and O–H groups in total. The first-order valence-electron chi connectivity index (χ1n) is 6.04. The maximum atomic E-state index is 13.7. The van der Waals surface area contributed by atoms with E-state index in [0.717, 1.165) is 24.2 Å². The third kappa shape index (κ3) is 2.30. The van der Waals surface area contributed by atoms with Crippen molar-refractivity contribution in [3.8, 4) is 16.9 Å². The lowest BCUT2D eigenvalue weighted by Gasteiger charge is -2.07. The van der Waals surface area contributed by atoms with E-state index in [2.05, 4.69) is 0 Å². The largest absolute Gasteiger partial charge is 0.490 e. The molecule has 0 bridgehead atoms. The molecule has 2 aromatic carbocycles. The first-order valence-corrected chi connectivity index (χ1v) is 6.04. The Balaban J connectivity index is 1.88. The third-order valence-corrected chi connectivity index (χ3v) is 2.98. The van der Waals surface area contributed by atoms with Crippen LogP contribution in [0.1, 0.15) is 12.8 Å². The van der Waals surface area contributed by atoms with Gasteiger partial charge in [-0.15, -0.1) is 0 Å². The zero-order valence-corrected chi connectivity index (χ0v) is 9.90. The number of anilines is 1. The summed E-state index contributed by atoms with van der Waals surface area (Å²) in [4.78, 5) is 0. The van der Waals surface area contributed by atoms with Crippen molar-refractivity contribution in [3.05, 3.63) is 48.3 Å². The third-order valence-electron chi connectivity index (χ3n) is 2.98. The van der Waals surface area contributed by atoms with Crippen molar-refractivity contribution in [3.63, 3.8) is 0 Å². The molecule has 0 aliphatic heterocycles. The summed E-state index contributed by atoms with van der Waals surface area (Å²) < 4.78 is 19.3. The van der Waals surface area contributed by atoms with Crippen LogP contribution in [0.15, 0.2) is 42.5 Å². The number of halogens is 1. The van der Waals surface area contributed by atoms with Gasteiger partial charge in [0.15, 0.2) is 0 Å². The quantitative estimate of drug-likeness (QED) is 0.836. The predicted octanol–water partition coefficient (Wildman–Crippen LogP) is 3.62. The number of ether oxygens (including phenoxy) is 1. The molecule has 0 spiro atoms. The van der Waals surface area contributed by atoms with Crippen molar-refractivity contribution in [2.75, 3.05) is 5.73 Å². The molecule has 0 unspecified atom stereocenters. The lowest BCUT2D eigenvalue weighted by atomic mass is 10.0. The predicted molar refractivity (Wildman–Crippen MR) is 69.9 cm³/mol. The summed E-state index contributed by atoms with van der Waals surface area (Å²) in [7, 11) is 0. The molecule has 2 nitrogen and oxygen atoms in total. The first kappa shape index (κ1) is 11.1. The monoisotopic (exact) mass is 243 g/mol. The van der Waals surface area contributed by atoms with Gasteiger partial charge in [-0.05, 0) is 48.7 Å². The molecule has 92 valence electrons. The average Bonchev–Trinajstić information content (AvgIpc) is 3.17. The molecule has 1 aliphatic rings. The van der Waals surface area contributed by atoms with E-state index in [0.29, 0.717) is 17.4 Å². The maximum absolute atomic E-state index is 13.7. The Morgan fingerprint density at radius 1 is 1.06 bits per heavy atom. The smallest absolute Gasteiger partial charge is 0.131 e. The molecule has 3 rings (SSSR count). The summed E-state index contributed by atoms with van der Waals surface area (Å²) >= 11 is 0. The molecule has 0 amide bonds. The van der Waals surface area contributed by atoms with E-state index in [-0.39, 0.29) is 5.82 Å². The van der Waals surface area contributed by atoms with E-state index < -0.39 is 0 Å². The highest BCUT2D eigenvalue weighted by Gasteiger charge is 2.23. The Morgan fingerprint density at radius 2 is 1.78 bits per heavy atom. The van der Waals surface area contributed by atoms with Gasteiger partial charge in [-0.2, -0.15) is 0 Å². The van der Waals surface area contributed by atoms with Crippen LogP contribution in [0.25, 0.3) is 11.1 Å². The van der Waals surface area contributed by atoms with Crippen molar-refractivity contribution in [1.82, 2.24) is 0 Å². The lowest BCUT2D eigenvalue weighted by molar-refractivity contribution is 0.303. The lowest BCUT2D eigenvalue weighted by Crippen LogP contribution is -1.95. The molecule has 0 atom stereocenters. The van der Waals surface area contributed by atoms with Gasteiger partial charge in [-0.25, -0.2) is 4.39 Å². The Labute approximate surface area is 105 Å². The van der Waals surface area contributed by atoms with Gasteiger partial charge in [0, 0.05) is 11.3 Å². The molecule has 1 fully saturated rings. The minimum absolute atomic E-state index is 0.264. The van der Waals surface area contributed by atoms with Crippen LogP contribution in [-0.4, -0.2) is 6.10 Å². The maximum Gasteiger partial charge on any atom is 0.131 e. The van der Waals surface area contributed by atoms with Crippen LogP contribution in [0.5, 0.6) is 5.75 Å². The van der Waals surface area contributed by atoms with E-state index in [1.807, 2.05) is 24.3 Å². The second-order valence-corrected chi connectivity index (χ2v) is 4.58. The summed E-state index contributed by atoms with van der Waals surface area (Å²) in [5.41, 5.74) is 7.57. The highest BCUT2D eigenvalue weighted by molar-refractivity contribution is 5.68. The van der Waals surface area contributed by atoms with Crippen molar-refractivity contribution in [2.24, 2.45) is 0 Å². The molecule has 0 radical (unpaired) electrons. The van der Waals surface area contributed by atoms with Crippen molar-refractivity contribution in [1.29, 1.82) is 0 Å².